The smallest absolute Gasteiger partial charge is 0.181 e. The van der Waals surface area contributed by atoms with E-state index < -0.39 is 17.4 Å². The van der Waals surface area contributed by atoms with Gasteiger partial charge in [0.1, 0.15) is 5.82 Å². The first kappa shape index (κ1) is 14.3. The number of nitrogens with zero attached hydrogens (tertiary/aromatic N) is 3. The number of phenols is 1. The highest BCUT2D eigenvalue weighted by Crippen LogP contribution is 2.38. The van der Waals surface area contributed by atoms with Crippen LogP contribution in [0.2, 0.25) is 0 Å². The number of H-pyrrole nitrogens is 1. The fraction of sp³-hybridized carbons (Fsp3) is 0.0625. The van der Waals surface area contributed by atoms with E-state index in [1.807, 2.05) is 0 Å². The van der Waals surface area contributed by atoms with Gasteiger partial charge in [-0.25, -0.2) is 13.8 Å². The first-order valence-electron chi connectivity index (χ1n) is 7.02. The van der Waals surface area contributed by atoms with Gasteiger partial charge in [0.15, 0.2) is 29.6 Å². The molecule has 3 heterocycles. The molecule has 4 aromatic rings. The standard InChI is InChI=1S/C16H10F2N4O2/c1-7-11-13-12(9(17)6-10(23)14(13)18)15(19-16(11)21-20-7)8-2-4-22(24)5-3-8/h2-6,23H,1H3,(H,19,20,21). The van der Waals surface area contributed by atoms with Gasteiger partial charge < -0.3 is 10.3 Å². The Labute approximate surface area is 133 Å². The molecule has 4 rings (SSSR count). The quantitative estimate of drug-likeness (QED) is 0.415. The van der Waals surface area contributed by atoms with Crippen LogP contribution in [-0.2, 0) is 0 Å². The van der Waals surface area contributed by atoms with Crippen molar-refractivity contribution in [2.45, 2.75) is 6.92 Å². The lowest BCUT2D eigenvalue weighted by atomic mass is 10.0. The topological polar surface area (TPSA) is 88.7 Å². The van der Waals surface area contributed by atoms with Crippen molar-refractivity contribution in [2.24, 2.45) is 0 Å². The molecule has 0 radical (unpaired) electrons. The minimum atomic E-state index is -0.945. The summed E-state index contributed by atoms with van der Waals surface area (Å²) in [6, 6.07) is 3.61. The molecule has 0 aliphatic carbocycles. The molecule has 0 aliphatic heterocycles. The third-order valence-electron chi connectivity index (χ3n) is 3.91. The van der Waals surface area contributed by atoms with Gasteiger partial charge in [-0.2, -0.15) is 9.83 Å². The lowest BCUT2D eigenvalue weighted by Gasteiger charge is -2.10. The summed E-state index contributed by atoms with van der Waals surface area (Å²) in [5.41, 5.74) is 1.28. The summed E-state index contributed by atoms with van der Waals surface area (Å²) in [6.45, 7) is 1.63. The number of aromatic hydroxyl groups is 1. The molecule has 2 N–H and O–H groups in total. The maximum absolute atomic E-state index is 14.6. The molecule has 0 bridgehead atoms. The Kier molecular flexibility index (Phi) is 2.89. The number of aromatic amines is 1. The molecule has 8 heteroatoms. The maximum Gasteiger partial charge on any atom is 0.181 e. The molecule has 120 valence electrons. The molecule has 0 spiro atoms. The van der Waals surface area contributed by atoms with Gasteiger partial charge in [-0.3, -0.25) is 5.10 Å². The molecule has 6 nitrogen and oxygen atoms in total. The molecule has 0 fully saturated rings. The summed E-state index contributed by atoms with van der Waals surface area (Å²) in [5.74, 6) is -2.54. The average molecular weight is 328 g/mol. The Morgan fingerprint density at radius 1 is 1.17 bits per heavy atom. The van der Waals surface area contributed by atoms with Crippen LogP contribution >= 0.6 is 0 Å². The van der Waals surface area contributed by atoms with E-state index in [-0.39, 0.29) is 22.1 Å². The second kappa shape index (κ2) is 4.85. The van der Waals surface area contributed by atoms with Gasteiger partial charge in [0, 0.05) is 34.5 Å². The van der Waals surface area contributed by atoms with Gasteiger partial charge in [0.2, 0.25) is 0 Å². The van der Waals surface area contributed by atoms with E-state index in [9.17, 15) is 19.1 Å². The SMILES string of the molecule is Cc1n[nH]c2nc(-c3cc[n+]([O-])cc3)c3c(F)cc(O)c(F)c3c12. The molecule has 24 heavy (non-hydrogen) atoms. The van der Waals surface area contributed by atoms with E-state index in [1.54, 1.807) is 6.92 Å². The number of nitrogens with one attached hydrogen (secondary N) is 1. The summed E-state index contributed by atoms with van der Waals surface area (Å²) >= 11 is 0. The van der Waals surface area contributed by atoms with E-state index in [0.29, 0.717) is 27.4 Å². The Balaban J connectivity index is 2.25. The van der Waals surface area contributed by atoms with Crippen molar-refractivity contribution < 1.29 is 18.6 Å². The molecule has 0 saturated carbocycles. The van der Waals surface area contributed by atoms with Crippen molar-refractivity contribution in [2.75, 3.05) is 0 Å². The van der Waals surface area contributed by atoms with Gasteiger partial charge in [0.25, 0.3) is 0 Å². The highest BCUT2D eigenvalue weighted by molar-refractivity contribution is 6.12. The number of hydrogen-bond acceptors (Lipinski definition) is 4. The van der Waals surface area contributed by atoms with Crippen LogP contribution in [0.1, 0.15) is 5.69 Å². The number of benzene rings is 1. The van der Waals surface area contributed by atoms with Gasteiger partial charge in [-0.05, 0) is 6.92 Å². The van der Waals surface area contributed by atoms with Gasteiger partial charge >= 0.3 is 0 Å². The summed E-state index contributed by atoms with van der Waals surface area (Å²) in [5, 5.41) is 27.7. The van der Waals surface area contributed by atoms with Crippen LogP contribution in [0.3, 0.4) is 0 Å². The van der Waals surface area contributed by atoms with Gasteiger partial charge in [0.05, 0.1) is 16.8 Å². The zero-order valence-corrected chi connectivity index (χ0v) is 12.3. The lowest BCUT2D eigenvalue weighted by molar-refractivity contribution is -0.605. The molecular weight excluding hydrogens is 318 g/mol. The fourth-order valence-corrected chi connectivity index (χ4v) is 2.83. The van der Waals surface area contributed by atoms with Gasteiger partial charge in [-0.15, -0.1) is 0 Å². The van der Waals surface area contributed by atoms with Crippen LogP contribution in [0.15, 0.2) is 30.6 Å². The van der Waals surface area contributed by atoms with Crippen LogP contribution in [0.4, 0.5) is 8.78 Å². The number of hydrogen-bond donors (Lipinski definition) is 2. The highest BCUT2D eigenvalue weighted by Gasteiger charge is 2.22. The second-order valence-electron chi connectivity index (χ2n) is 5.38. The Bertz CT molecular complexity index is 1110. The molecule has 0 atom stereocenters. The van der Waals surface area contributed by atoms with Crippen LogP contribution in [0.5, 0.6) is 5.75 Å². The van der Waals surface area contributed by atoms with Crippen LogP contribution in [-0.4, -0.2) is 20.3 Å². The lowest BCUT2D eigenvalue weighted by Crippen LogP contribution is -2.23. The van der Waals surface area contributed by atoms with E-state index in [4.69, 9.17) is 0 Å². The molecule has 0 aliphatic rings. The number of pyridine rings is 2. The number of fused-ring (bicyclic) bond motifs is 3. The van der Waals surface area contributed by atoms with Gasteiger partial charge in [-0.1, -0.05) is 0 Å². The normalized spacial score (nSPS) is 11.5. The molecule has 0 amide bonds. The summed E-state index contributed by atoms with van der Waals surface area (Å²) in [7, 11) is 0. The molecular formula is C16H10F2N4O2. The number of halogens is 2. The fourth-order valence-electron chi connectivity index (χ4n) is 2.83. The van der Waals surface area contributed by atoms with Crippen LogP contribution in [0, 0.1) is 23.8 Å². The zero-order valence-electron chi connectivity index (χ0n) is 12.3. The third-order valence-corrected chi connectivity index (χ3v) is 3.91. The molecule has 0 saturated heterocycles. The molecule has 1 aromatic carbocycles. The van der Waals surface area contributed by atoms with E-state index in [2.05, 4.69) is 15.2 Å². The number of aromatic nitrogens is 4. The first-order valence-corrected chi connectivity index (χ1v) is 7.02. The number of aryl methyl sites for hydroxylation is 1. The third kappa shape index (κ3) is 1.89. The predicted octanol–water partition coefficient (Wildman–Crippen LogP) is 2.70. The van der Waals surface area contributed by atoms with Crippen molar-refractivity contribution in [1.29, 1.82) is 0 Å². The van der Waals surface area contributed by atoms with Crippen molar-refractivity contribution in [3.05, 3.63) is 53.1 Å². The van der Waals surface area contributed by atoms with E-state index in [0.717, 1.165) is 0 Å². The largest absolute Gasteiger partial charge is 0.619 e. The van der Waals surface area contributed by atoms with Crippen molar-refractivity contribution in [1.82, 2.24) is 15.2 Å². The minimum absolute atomic E-state index is 0.0778. The Morgan fingerprint density at radius 2 is 1.88 bits per heavy atom. The Hall–Kier alpha value is -3.29. The average Bonchev–Trinajstić information content (AvgIpc) is 2.93. The van der Waals surface area contributed by atoms with Crippen molar-refractivity contribution >= 4 is 21.8 Å². The molecule has 3 aromatic heterocycles. The summed E-state index contributed by atoms with van der Waals surface area (Å²) < 4.78 is 29.7. The molecule has 0 unspecified atom stereocenters. The zero-order chi connectivity index (χ0) is 17.0. The minimum Gasteiger partial charge on any atom is -0.619 e. The monoisotopic (exact) mass is 328 g/mol. The summed E-state index contributed by atoms with van der Waals surface area (Å²) in [6.07, 6.45) is 2.47. The highest BCUT2D eigenvalue weighted by atomic mass is 19.1. The van der Waals surface area contributed by atoms with Crippen molar-refractivity contribution in [3.63, 3.8) is 0 Å². The van der Waals surface area contributed by atoms with Crippen molar-refractivity contribution in [3.8, 4) is 17.0 Å². The number of rotatable bonds is 1. The number of phenolic OH excluding ortho intramolecular Hbond substituents is 1. The van der Waals surface area contributed by atoms with E-state index in [1.165, 1.54) is 24.5 Å². The summed E-state index contributed by atoms with van der Waals surface area (Å²) in [4.78, 5) is 4.34. The predicted molar refractivity (Wildman–Crippen MR) is 82.1 cm³/mol. The van der Waals surface area contributed by atoms with Crippen LogP contribution < -0.4 is 4.73 Å². The Morgan fingerprint density at radius 3 is 2.58 bits per heavy atom. The van der Waals surface area contributed by atoms with E-state index >= 15 is 0 Å². The van der Waals surface area contributed by atoms with Crippen LogP contribution in [0.25, 0.3) is 33.1 Å². The second-order valence-corrected chi connectivity index (χ2v) is 5.38. The first-order chi connectivity index (χ1) is 11.5. The maximum atomic E-state index is 14.6.